The molecule has 1 amide bonds. The van der Waals surface area contributed by atoms with Crippen molar-refractivity contribution in [3.63, 3.8) is 0 Å². The topological polar surface area (TPSA) is 29.1 Å². The van der Waals surface area contributed by atoms with Crippen LogP contribution in [0.1, 0.15) is 13.8 Å². The van der Waals surface area contributed by atoms with Crippen LogP contribution in [-0.4, -0.2) is 10.7 Å². The normalized spacial score (nSPS) is 12.6. The molecule has 0 heterocycles. The van der Waals surface area contributed by atoms with Gasteiger partial charge in [0.15, 0.2) is 0 Å². The van der Waals surface area contributed by atoms with Gasteiger partial charge in [0, 0.05) is 0 Å². The second-order valence-electron chi connectivity index (χ2n) is 3.76. The number of hydrogen-bond donors (Lipinski definition) is 1. The number of nitrogens with one attached hydrogen (secondary N) is 1. The third kappa shape index (κ3) is 3.46. The van der Waals surface area contributed by atoms with E-state index in [-0.39, 0.29) is 21.7 Å². The van der Waals surface area contributed by atoms with Gasteiger partial charge < -0.3 is 5.32 Å². The maximum Gasteiger partial charge on any atom is 0.238 e. The number of hydrogen-bond acceptors (Lipinski definition) is 1. The fourth-order valence-corrected chi connectivity index (χ4v) is 1.42. The lowest BCUT2D eigenvalue weighted by atomic mass is 10.1. The van der Waals surface area contributed by atoms with Crippen LogP contribution in [0.5, 0.6) is 0 Å². The van der Waals surface area contributed by atoms with Crippen molar-refractivity contribution >= 4 is 39.1 Å². The summed E-state index contributed by atoms with van der Waals surface area (Å²) >= 11 is 9.06. The van der Waals surface area contributed by atoms with Crippen LogP contribution in [0, 0.1) is 11.7 Å². The van der Waals surface area contributed by atoms with Crippen LogP contribution in [0.25, 0.3) is 0 Å². The SMILES string of the molecule is CC(C)C(Br)C(=O)Nc1ccc(F)cc1Cl. The van der Waals surface area contributed by atoms with Crippen LogP contribution in [0.15, 0.2) is 18.2 Å². The zero-order chi connectivity index (χ0) is 12.3. The standard InChI is InChI=1S/C11H12BrClFNO/c1-6(2)10(12)11(16)15-9-4-3-7(14)5-8(9)13/h3-6,10H,1-2H3,(H,15,16). The zero-order valence-corrected chi connectivity index (χ0v) is 11.3. The molecule has 1 atom stereocenters. The molecule has 1 aromatic rings. The van der Waals surface area contributed by atoms with Gasteiger partial charge in [-0.15, -0.1) is 0 Å². The van der Waals surface area contributed by atoms with Gasteiger partial charge in [-0.3, -0.25) is 4.79 Å². The summed E-state index contributed by atoms with van der Waals surface area (Å²) in [6.45, 7) is 3.84. The largest absolute Gasteiger partial charge is 0.324 e. The first-order valence-corrected chi connectivity index (χ1v) is 6.11. The molecule has 0 aliphatic rings. The minimum atomic E-state index is -0.428. The molecule has 1 N–H and O–H groups in total. The van der Waals surface area contributed by atoms with Gasteiger partial charge in [0.1, 0.15) is 5.82 Å². The monoisotopic (exact) mass is 307 g/mol. The van der Waals surface area contributed by atoms with E-state index in [2.05, 4.69) is 21.2 Å². The number of halogens is 3. The van der Waals surface area contributed by atoms with Gasteiger partial charge in [-0.1, -0.05) is 41.4 Å². The van der Waals surface area contributed by atoms with E-state index in [1.807, 2.05) is 13.8 Å². The van der Waals surface area contributed by atoms with Gasteiger partial charge >= 0.3 is 0 Å². The predicted octanol–water partition coefficient (Wildman–Crippen LogP) is 3.84. The van der Waals surface area contributed by atoms with Crippen molar-refractivity contribution in [3.05, 3.63) is 29.0 Å². The first-order chi connectivity index (χ1) is 7.41. The van der Waals surface area contributed by atoms with E-state index in [9.17, 15) is 9.18 Å². The summed E-state index contributed by atoms with van der Waals surface area (Å²) < 4.78 is 12.8. The minimum absolute atomic E-state index is 0.166. The maximum absolute atomic E-state index is 12.8. The fraction of sp³-hybridized carbons (Fsp3) is 0.364. The van der Waals surface area contributed by atoms with Crippen molar-refractivity contribution in [2.45, 2.75) is 18.7 Å². The first-order valence-electron chi connectivity index (χ1n) is 4.82. The van der Waals surface area contributed by atoms with Gasteiger partial charge in [0.25, 0.3) is 0 Å². The Morgan fingerprint density at radius 1 is 1.50 bits per heavy atom. The van der Waals surface area contributed by atoms with Crippen molar-refractivity contribution in [2.75, 3.05) is 5.32 Å². The Morgan fingerprint density at radius 2 is 2.12 bits per heavy atom. The molecule has 0 spiro atoms. The van der Waals surface area contributed by atoms with Gasteiger partial charge in [-0.05, 0) is 24.1 Å². The fourth-order valence-electron chi connectivity index (χ4n) is 1.10. The molecule has 2 nitrogen and oxygen atoms in total. The van der Waals surface area contributed by atoms with E-state index in [0.29, 0.717) is 5.69 Å². The summed E-state index contributed by atoms with van der Waals surface area (Å²) in [5.41, 5.74) is 0.415. The summed E-state index contributed by atoms with van der Waals surface area (Å²) in [4.78, 5) is 11.4. The van der Waals surface area contributed by atoms with Crippen LogP contribution in [0.4, 0.5) is 10.1 Å². The second kappa shape index (κ2) is 5.64. The molecule has 0 bridgehead atoms. The van der Waals surface area contributed by atoms with E-state index < -0.39 is 5.82 Å². The molecule has 1 aromatic carbocycles. The molecular weight excluding hydrogens is 296 g/mol. The maximum atomic E-state index is 12.8. The molecule has 0 saturated heterocycles. The summed E-state index contributed by atoms with van der Waals surface area (Å²) in [6, 6.07) is 3.85. The Hall–Kier alpha value is -0.610. The third-order valence-corrected chi connectivity index (χ3v) is 3.81. The molecular formula is C11H12BrClFNO. The van der Waals surface area contributed by atoms with Crippen molar-refractivity contribution in [1.29, 1.82) is 0 Å². The third-order valence-electron chi connectivity index (χ3n) is 2.02. The van der Waals surface area contributed by atoms with Crippen LogP contribution >= 0.6 is 27.5 Å². The number of carbonyl (C=O) groups is 1. The number of anilines is 1. The van der Waals surface area contributed by atoms with E-state index in [0.717, 1.165) is 6.07 Å². The van der Waals surface area contributed by atoms with E-state index in [4.69, 9.17) is 11.6 Å². The zero-order valence-electron chi connectivity index (χ0n) is 8.93. The van der Waals surface area contributed by atoms with E-state index >= 15 is 0 Å². The summed E-state index contributed by atoms with van der Waals surface area (Å²) in [7, 11) is 0. The molecule has 88 valence electrons. The Bertz CT molecular complexity index is 398. The number of amides is 1. The Balaban J connectivity index is 2.77. The Morgan fingerprint density at radius 3 is 2.62 bits per heavy atom. The molecule has 1 rings (SSSR count). The molecule has 0 fully saturated rings. The lowest BCUT2D eigenvalue weighted by Crippen LogP contribution is -2.27. The lowest BCUT2D eigenvalue weighted by molar-refractivity contribution is -0.116. The van der Waals surface area contributed by atoms with Crippen molar-refractivity contribution in [3.8, 4) is 0 Å². The van der Waals surface area contributed by atoms with Crippen LogP contribution in [0.2, 0.25) is 5.02 Å². The molecule has 0 aromatic heterocycles. The highest BCUT2D eigenvalue weighted by Crippen LogP contribution is 2.24. The smallest absolute Gasteiger partial charge is 0.238 e. The summed E-state index contributed by atoms with van der Waals surface area (Å²) in [5.74, 6) is -0.454. The van der Waals surface area contributed by atoms with Gasteiger partial charge in [0.2, 0.25) is 5.91 Å². The van der Waals surface area contributed by atoms with Crippen molar-refractivity contribution < 1.29 is 9.18 Å². The average Bonchev–Trinajstić information content (AvgIpc) is 2.20. The Kier molecular flexibility index (Phi) is 4.74. The summed E-state index contributed by atoms with van der Waals surface area (Å²) in [6.07, 6.45) is 0. The minimum Gasteiger partial charge on any atom is -0.324 e. The molecule has 16 heavy (non-hydrogen) atoms. The van der Waals surface area contributed by atoms with Gasteiger partial charge in [-0.25, -0.2) is 4.39 Å². The Labute approximate surface area is 107 Å². The molecule has 5 heteroatoms. The number of benzene rings is 1. The van der Waals surface area contributed by atoms with Gasteiger partial charge in [0.05, 0.1) is 15.5 Å². The number of carbonyl (C=O) groups excluding carboxylic acids is 1. The highest BCUT2D eigenvalue weighted by Gasteiger charge is 2.19. The predicted molar refractivity (Wildman–Crippen MR) is 67.6 cm³/mol. The van der Waals surface area contributed by atoms with Crippen LogP contribution in [-0.2, 0) is 4.79 Å². The van der Waals surface area contributed by atoms with Crippen LogP contribution in [0.3, 0.4) is 0 Å². The molecule has 0 radical (unpaired) electrons. The highest BCUT2D eigenvalue weighted by molar-refractivity contribution is 9.10. The molecule has 0 aliphatic heterocycles. The van der Waals surface area contributed by atoms with E-state index in [1.54, 1.807) is 0 Å². The van der Waals surface area contributed by atoms with Crippen molar-refractivity contribution in [2.24, 2.45) is 5.92 Å². The molecule has 0 aliphatic carbocycles. The highest BCUT2D eigenvalue weighted by atomic mass is 79.9. The molecule has 0 saturated carbocycles. The van der Waals surface area contributed by atoms with Gasteiger partial charge in [-0.2, -0.15) is 0 Å². The van der Waals surface area contributed by atoms with E-state index in [1.165, 1.54) is 12.1 Å². The number of rotatable bonds is 3. The van der Waals surface area contributed by atoms with Crippen molar-refractivity contribution in [1.82, 2.24) is 0 Å². The summed E-state index contributed by atoms with van der Waals surface area (Å²) in [5, 5.41) is 2.83. The quantitative estimate of drug-likeness (QED) is 0.845. The molecule has 1 unspecified atom stereocenters. The second-order valence-corrected chi connectivity index (χ2v) is 5.15. The number of alkyl halides is 1. The van der Waals surface area contributed by atoms with Crippen LogP contribution < -0.4 is 5.32 Å². The first kappa shape index (κ1) is 13.5. The average molecular weight is 309 g/mol. The lowest BCUT2D eigenvalue weighted by Gasteiger charge is -2.14.